The summed E-state index contributed by atoms with van der Waals surface area (Å²) in [6.45, 7) is 3.71. The van der Waals surface area contributed by atoms with Gasteiger partial charge in [-0.3, -0.25) is 4.79 Å². The van der Waals surface area contributed by atoms with Crippen LogP contribution in [0.1, 0.15) is 31.2 Å². The van der Waals surface area contributed by atoms with Gasteiger partial charge in [-0.1, -0.05) is 36.8 Å². The predicted molar refractivity (Wildman–Crippen MR) is 89.9 cm³/mol. The molecule has 1 aromatic rings. The number of hydrogen-bond acceptors (Lipinski definition) is 4. The van der Waals surface area contributed by atoms with Gasteiger partial charge in [0.25, 0.3) is 0 Å². The van der Waals surface area contributed by atoms with Gasteiger partial charge in [-0.2, -0.15) is 0 Å². The first-order valence-corrected chi connectivity index (χ1v) is 8.71. The minimum atomic E-state index is -0.0373. The van der Waals surface area contributed by atoms with Gasteiger partial charge in [-0.05, 0) is 37.9 Å². The lowest BCUT2D eigenvalue weighted by atomic mass is 10.0. The van der Waals surface area contributed by atoms with Crippen LogP contribution in [-0.2, 0) is 16.1 Å². The van der Waals surface area contributed by atoms with Gasteiger partial charge in [0, 0.05) is 12.6 Å². The number of benzene rings is 1. The Bertz CT molecular complexity index is 482. The molecule has 0 bridgehead atoms. The standard InChI is InChI=1S/C18H27N3O2/c22-18(17-8-4-5-10-20-17)21(16-9-11-19-12-16)14-23-13-15-6-2-1-3-7-15/h1-3,6-7,16-17,19-20H,4-5,8-14H2. The van der Waals surface area contributed by atoms with E-state index in [1.807, 2.05) is 35.2 Å². The van der Waals surface area contributed by atoms with Gasteiger partial charge in [0.05, 0.1) is 12.6 Å². The summed E-state index contributed by atoms with van der Waals surface area (Å²) in [5.41, 5.74) is 1.14. The molecule has 2 saturated heterocycles. The number of amides is 1. The maximum Gasteiger partial charge on any atom is 0.241 e. The van der Waals surface area contributed by atoms with Crippen LogP contribution in [0.15, 0.2) is 30.3 Å². The molecular weight excluding hydrogens is 290 g/mol. The van der Waals surface area contributed by atoms with Gasteiger partial charge in [0.1, 0.15) is 6.73 Å². The highest BCUT2D eigenvalue weighted by molar-refractivity contribution is 5.82. The molecule has 2 aliphatic heterocycles. The molecule has 1 aromatic carbocycles. The maximum atomic E-state index is 12.9. The lowest BCUT2D eigenvalue weighted by Gasteiger charge is -2.33. The zero-order valence-electron chi connectivity index (χ0n) is 13.7. The van der Waals surface area contributed by atoms with Crippen LogP contribution >= 0.6 is 0 Å². The minimum Gasteiger partial charge on any atom is -0.356 e. The average Bonchev–Trinajstić information content (AvgIpc) is 3.14. The van der Waals surface area contributed by atoms with Crippen LogP contribution in [-0.4, -0.2) is 49.3 Å². The molecule has 2 aliphatic rings. The molecule has 2 fully saturated rings. The molecule has 5 heteroatoms. The fraction of sp³-hybridized carbons (Fsp3) is 0.611. The first-order valence-electron chi connectivity index (χ1n) is 8.71. The molecule has 2 unspecified atom stereocenters. The topological polar surface area (TPSA) is 53.6 Å². The van der Waals surface area contributed by atoms with E-state index in [-0.39, 0.29) is 18.0 Å². The second kappa shape index (κ2) is 8.43. The second-order valence-corrected chi connectivity index (χ2v) is 6.42. The Kier molecular flexibility index (Phi) is 6.02. The Labute approximate surface area is 138 Å². The number of carbonyl (C=O) groups excluding carboxylic acids is 1. The molecular formula is C18H27N3O2. The molecule has 0 spiro atoms. The van der Waals surface area contributed by atoms with E-state index in [0.29, 0.717) is 13.3 Å². The van der Waals surface area contributed by atoms with E-state index in [1.165, 1.54) is 6.42 Å². The third kappa shape index (κ3) is 4.53. The van der Waals surface area contributed by atoms with Crippen molar-refractivity contribution in [3.63, 3.8) is 0 Å². The zero-order chi connectivity index (χ0) is 15.9. The molecule has 0 saturated carbocycles. The molecule has 23 heavy (non-hydrogen) atoms. The summed E-state index contributed by atoms with van der Waals surface area (Å²) >= 11 is 0. The molecule has 1 amide bonds. The summed E-state index contributed by atoms with van der Waals surface area (Å²) in [6.07, 6.45) is 4.24. The molecule has 2 heterocycles. The molecule has 126 valence electrons. The van der Waals surface area contributed by atoms with Gasteiger partial charge < -0.3 is 20.3 Å². The van der Waals surface area contributed by atoms with Gasteiger partial charge in [-0.15, -0.1) is 0 Å². The van der Waals surface area contributed by atoms with E-state index in [1.54, 1.807) is 0 Å². The van der Waals surface area contributed by atoms with Crippen molar-refractivity contribution in [3.8, 4) is 0 Å². The first-order chi connectivity index (χ1) is 11.3. The Morgan fingerprint density at radius 1 is 1.17 bits per heavy atom. The molecule has 5 nitrogen and oxygen atoms in total. The SMILES string of the molecule is O=C(C1CCCCN1)N(COCc1ccccc1)C1CCNC1. The Balaban J connectivity index is 1.57. The van der Waals surface area contributed by atoms with Gasteiger partial charge in [0.15, 0.2) is 0 Å². The number of carbonyl (C=O) groups is 1. The second-order valence-electron chi connectivity index (χ2n) is 6.42. The first kappa shape index (κ1) is 16.4. The van der Waals surface area contributed by atoms with Crippen LogP contribution in [0, 0.1) is 0 Å². The fourth-order valence-corrected chi connectivity index (χ4v) is 3.35. The van der Waals surface area contributed by atoms with Gasteiger partial charge in [0.2, 0.25) is 5.91 Å². The average molecular weight is 317 g/mol. The van der Waals surface area contributed by atoms with Crippen LogP contribution in [0.4, 0.5) is 0 Å². The highest BCUT2D eigenvalue weighted by Gasteiger charge is 2.31. The summed E-state index contributed by atoms with van der Waals surface area (Å²) in [6, 6.07) is 10.3. The van der Waals surface area contributed by atoms with Crippen molar-refractivity contribution in [2.24, 2.45) is 0 Å². The van der Waals surface area contributed by atoms with Crippen LogP contribution in [0.3, 0.4) is 0 Å². The number of ether oxygens (including phenoxy) is 1. The van der Waals surface area contributed by atoms with Crippen LogP contribution in [0.2, 0.25) is 0 Å². The van der Waals surface area contributed by atoms with E-state index in [4.69, 9.17) is 4.74 Å². The summed E-state index contributed by atoms with van der Waals surface area (Å²) < 4.78 is 5.86. The Morgan fingerprint density at radius 3 is 2.74 bits per heavy atom. The molecule has 2 atom stereocenters. The van der Waals surface area contributed by atoms with Crippen LogP contribution in [0.5, 0.6) is 0 Å². The van der Waals surface area contributed by atoms with E-state index in [2.05, 4.69) is 10.6 Å². The van der Waals surface area contributed by atoms with Gasteiger partial charge >= 0.3 is 0 Å². The number of piperidine rings is 1. The van der Waals surface area contributed by atoms with E-state index in [0.717, 1.165) is 44.5 Å². The molecule has 0 radical (unpaired) electrons. The third-order valence-corrected chi connectivity index (χ3v) is 4.71. The zero-order valence-corrected chi connectivity index (χ0v) is 13.7. The molecule has 3 rings (SSSR count). The predicted octanol–water partition coefficient (Wildman–Crippen LogP) is 1.49. The van der Waals surface area contributed by atoms with E-state index < -0.39 is 0 Å². The maximum absolute atomic E-state index is 12.9. The molecule has 2 N–H and O–H groups in total. The quantitative estimate of drug-likeness (QED) is 0.781. The minimum absolute atomic E-state index is 0.0373. The van der Waals surface area contributed by atoms with Crippen molar-refractivity contribution in [2.75, 3.05) is 26.4 Å². The monoisotopic (exact) mass is 317 g/mol. The Morgan fingerprint density at radius 2 is 2.04 bits per heavy atom. The number of rotatable bonds is 6. The van der Waals surface area contributed by atoms with E-state index >= 15 is 0 Å². The fourth-order valence-electron chi connectivity index (χ4n) is 3.35. The summed E-state index contributed by atoms with van der Waals surface area (Å²) in [5.74, 6) is 0.200. The van der Waals surface area contributed by atoms with E-state index in [9.17, 15) is 4.79 Å². The molecule has 0 aliphatic carbocycles. The number of hydrogen-bond donors (Lipinski definition) is 2. The number of nitrogens with one attached hydrogen (secondary N) is 2. The molecule has 0 aromatic heterocycles. The van der Waals surface area contributed by atoms with Crippen LogP contribution < -0.4 is 10.6 Å². The van der Waals surface area contributed by atoms with Crippen LogP contribution in [0.25, 0.3) is 0 Å². The van der Waals surface area contributed by atoms with Crippen molar-refractivity contribution in [3.05, 3.63) is 35.9 Å². The van der Waals surface area contributed by atoms with Crippen molar-refractivity contribution in [1.29, 1.82) is 0 Å². The lowest BCUT2D eigenvalue weighted by molar-refractivity contribution is -0.143. The highest BCUT2D eigenvalue weighted by atomic mass is 16.5. The number of nitrogens with zero attached hydrogens (tertiary/aromatic N) is 1. The highest BCUT2D eigenvalue weighted by Crippen LogP contribution is 2.15. The van der Waals surface area contributed by atoms with Crippen molar-refractivity contribution >= 4 is 5.91 Å². The third-order valence-electron chi connectivity index (χ3n) is 4.71. The lowest BCUT2D eigenvalue weighted by Crippen LogP contribution is -2.53. The Hall–Kier alpha value is -1.43. The van der Waals surface area contributed by atoms with Crippen molar-refractivity contribution in [1.82, 2.24) is 15.5 Å². The van der Waals surface area contributed by atoms with Crippen molar-refractivity contribution < 1.29 is 9.53 Å². The van der Waals surface area contributed by atoms with Gasteiger partial charge in [-0.25, -0.2) is 0 Å². The van der Waals surface area contributed by atoms with Crippen molar-refractivity contribution in [2.45, 2.75) is 44.4 Å². The summed E-state index contributed by atoms with van der Waals surface area (Å²) in [4.78, 5) is 14.8. The smallest absolute Gasteiger partial charge is 0.241 e. The summed E-state index contributed by atoms with van der Waals surface area (Å²) in [5, 5.41) is 6.71. The largest absolute Gasteiger partial charge is 0.356 e. The summed E-state index contributed by atoms with van der Waals surface area (Å²) in [7, 11) is 0. The normalized spacial score (nSPS) is 24.5.